The van der Waals surface area contributed by atoms with E-state index >= 15 is 0 Å². The first-order valence-corrected chi connectivity index (χ1v) is 8.24. The highest BCUT2D eigenvalue weighted by molar-refractivity contribution is 9.10. The summed E-state index contributed by atoms with van der Waals surface area (Å²) in [7, 11) is 0. The van der Waals surface area contributed by atoms with Crippen LogP contribution in [-0.4, -0.2) is 5.54 Å². The van der Waals surface area contributed by atoms with E-state index in [-0.39, 0.29) is 5.54 Å². The second-order valence-corrected chi connectivity index (χ2v) is 7.37. The van der Waals surface area contributed by atoms with E-state index in [4.69, 9.17) is 0 Å². The Morgan fingerprint density at radius 1 is 1.21 bits per heavy atom. The molecule has 0 atom stereocenters. The summed E-state index contributed by atoms with van der Waals surface area (Å²) in [5.74, 6) is 0. The zero-order valence-corrected chi connectivity index (χ0v) is 13.9. The fourth-order valence-electron chi connectivity index (χ4n) is 1.96. The SMILES string of the molecule is CC(C)(CCc1ccccc1)NCc1cc(Br)cs1. The minimum atomic E-state index is 0.159. The Balaban J connectivity index is 1.81. The maximum atomic E-state index is 3.65. The quantitative estimate of drug-likeness (QED) is 0.780. The molecule has 2 aromatic rings. The lowest BCUT2D eigenvalue weighted by atomic mass is 9.95. The van der Waals surface area contributed by atoms with E-state index in [1.165, 1.54) is 14.9 Å². The molecule has 1 aromatic carbocycles. The van der Waals surface area contributed by atoms with Crippen molar-refractivity contribution in [1.29, 1.82) is 0 Å². The van der Waals surface area contributed by atoms with Crippen molar-refractivity contribution in [3.63, 3.8) is 0 Å². The van der Waals surface area contributed by atoms with Crippen molar-refractivity contribution < 1.29 is 0 Å². The maximum absolute atomic E-state index is 3.65. The lowest BCUT2D eigenvalue weighted by Gasteiger charge is -2.26. The van der Waals surface area contributed by atoms with Crippen molar-refractivity contribution in [2.24, 2.45) is 0 Å². The third-order valence-electron chi connectivity index (χ3n) is 3.24. The zero-order valence-electron chi connectivity index (χ0n) is 11.4. The summed E-state index contributed by atoms with van der Waals surface area (Å²) in [5, 5.41) is 5.78. The molecule has 0 saturated heterocycles. The van der Waals surface area contributed by atoms with Gasteiger partial charge in [0.25, 0.3) is 0 Å². The fraction of sp³-hybridized carbons (Fsp3) is 0.375. The lowest BCUT2D eigenvalue weighted by Crippen LogP contribution is -2.38. The van der Waals surface area contributed by atoms with E-state index in [1.807, 2.05) is 0 Å². The predicted octanol–water partition coefficient (Wildman–Crippen LogP) is 5.01. The summed E-state index contributed by atoms with van der Waals surface area (Å²) in [6.45, 7) is 5.50. The molecule has 0 aliphatic carbocycles. The molecule has 0 unspecified atom stereocenters. The fourth-order valence-corrected chi connectivity index (χ4v) is 3.35. The first-order chi connectivity index (χ1) is 9.05. The maximum Gasteiger partial charge on any atom is 0.0305 e. The highest BCUT2D eigenvalue weighted by atomic mass is 79.9. The van der Waals surface area contributed by atoms with Crippen LogP contribution in [0.15, 0.2) is 46.3 Å². The molecule has 1 heterocycles. The third kappa shape index (κ3) is 5.09. The van der Waals surface area contributed by atoms with Gasteiger partial charge in [-0.3, -0.25) is 0 Å². The standard InChI is InChI=1S/C16H20BrNS/c1-16(2,9-8-13-6-4-3-5-7-13)18-11-15-10-14(17)12-19-15/h3-7,10,12,18H,8-9,11H2,1-2H3. The Morgan fingerprint density at radius 3 is 2.58 bits per heavy atom. The van der Waals surface area contributed by atoms with Crippen molar-refractivity contribution in [1.82, 2.24) is 5.32 Å². The Hall–Kier alpha value is -0.640. The topological polar surface area (TPSA) is 12.0 Å². The van der Waals surface area contributed by atoms with Gasteiger partial charge in [0.15, 0.2) is 0 Å². The number of hydrogen-bond acceptors (Lipinski definition) is 2. The first-order valence-electron chi connectivity index (χ1n) is 6.57. The number of aryl methyl sites for hydroxylation is 1. The molecule has 1 nitrogen and oxygen atoms in total. The highest BCUT2D eigenvalue weighted by Crippen LogP contribution is 2.21. The Bertz CT molecular complexity index is 504. The van der Waals surface area contributed by atoms with E-state index < -0.39 is 0 Å². The van der Waals surface area contributed by atoms with Gasteiger partial charge in [-0.25, -0.2) is 0 Å². The van der Waals surface area contributed by atoms with Gasteiger partial charge in [0.1, 0.15) is 0 Å². The van der Waals surface area contributed by atoms with Gasteiger partial charge >= 0.3 is 0 Å². The Morgan fingerprint density at radius 2 is 1.95 bits per heavy atom. The molecule has 0 aliphatic heterocycles. The summed E-state index contributed by atoms with van der Waals surface area (Å²) in [6, 6.07) is 12.9. The van der Waals surface area contributed by atoms with Gasteiger partial charge in [-0.15, -0.1) is 11.3 Å². The molecule has 0 aliphatic rings. The molecule has 0 radical (unpaired) electrons. The van der Waals surface area contributed by atoms with Crippen LogP contribution in [0.5, 0.6) is 0 Å². The molecule has 0 saturated carbocycles. The first kappa shape index (κ1) is 14.8. The summed E-state index contributed by atoms with van der Waals surface area (Å²) in [5.41, 5.74) is 1.57. The third-order valence-corrected chi connectivity index (χ3v) is 4.94. The molecule has 0 fully saturated rings. The van der Waals surface area contributed by atoms with Crippen LogP contribution in [0, 0.1) is 0 Å². The van der Waals surface area contributed by atoms with Gasteiger partial charge in [-0.1, -0.05) is 30.3 Å². The Labute approximate surface area is 128 Å². The smallest absolute Gasteiger partial charge is 0.0305 e. The average molecular weight is 338 g/mol. The van der Waals surface area contributed by atoms with Crippen molar-refractivity contribution in [2.45, 2.75) is 38.8 Å². The summed E-state index contributed by atoms with van der Waals surface area (Å²) in [6.07, 6.45) is 2.26. The van der Waals surface area contributed by atoms with Crippen molar-refractivity contribution in [3.05, 3.63) is 56.7 Å². The van der Waals surface area contributed by atoms with Gasteiger partial charge < -0.3 is 5.32 Å². The largest absolute Gasteiger partial charge is 0.307 e. The minimum absolute atomic E-state index is 0.159. The van der Waals surface area contributed by atoms with Gasteiger partial charge in [-0.05, 0) is 54.2 Å². The molecule has 2 rings (SSSR count). The van der Waals surface area contributed by atoms with Crippen LogP contribution in [0.3, 0.4) is 0 Å². The summed E-state index contributed by atoms with van der Waals surface area (Å²) < 4.78 is 1.18. The zero-order chi connectivity index (χ0) is 13.7. The van der Waals surface area contributed by atoms with E-state index in [1.54, 1.807) is 11.3 Å². The molecule has 0 bridgehead atoms. The molecule has 0 spiro atoms. The number of hydrogen-bond donors (Lipinski definition) is 1. The van der Waals surface area contributed by atoms with Gasteiger partial charge in [0.05, 0.1) is 0 Å². The monoisotopic (exact) mass is 337 g/mol. The molecule has 0 amide bonds. The lowest BCUT2D eigenvalue weighted by molar-refractivity contribution is 0.362. The number of thiophene rings is 1. The second-order valence-electron chi connectivity index (χ2n) is 5.45. The number of nitrogens with one attached hydrogen (secondary N) is 1. The molecule has 1 aromatic heterocycles. The average Bonchev–Trinajstić information content (AvgIpc) is 2.82. The number of rotatable bonds is 6. The van der Waals surface area contributed by atoms with E-state index in [0.29, 0.717) is 0 Å². The molecular formula is C16H20BrNS. The van der Waals surface area contributed by atoms with Crippen molar-refractivity contribution >= 4 is 27.3 Å². The van der Waals surface area contributed by atoms with Gasteiger partial charge in [-0.2, -0.15) is 0 Å². The normalized spacial score (nSPS) is 11.7. The van der Waals surface area contributed by atoms with Crippen LogP contribution in [0.25, 0.3) is 0 Å². The van der Waals surface area contributed by atoms with Crippen LogP contribution in [0.1, 0.15) is 30.7 Å². The van der Waals surface area contributed by atoms with Crippen LogP contribution >= 0.6 is 27.3 Å². The number of benzene rings is 1. The second kappa shape index (κ2) is 6.69. The summed E-state index contributed by atoms with van der Waals surface area (Å²) >= 11 is 5.29. The molecule has 102 valence electrons. The van der Waals surface area contributed by atoms with Gasteiger partial charge in [0, 0.05) is 26.8 Å². The molecule has 1 N–H and O–H groups in total. The molecular weight excluding hydrogens is 318 g/mol. The van der Waals surface area contributed by atoms with E-state index in [9.17, 15) is 0 Å². The molecule has 19 heavy (non-hydrogen) atoms. The molecule has 3 heteroatoms. The predicted molar refractivity (Wildman–Crippen MR) is 87.7 cm³/mol. The van der Waals surface area contributed by atoms with Crippen LogP contribution in [-0.2, 0) is 13.0 Å². The van der Waals surface area contributed by atoms with Crippen LogP contribution in [0.4, 0.5) is 0 Å². The van der Waals surface area contributed by atoms with Crippen LogP contribution < -0.4 is 5.32 Å². The van der Waals surface area contributed by atoms with E-state index in [2.05, 4.69) is 76.9 Å². The van der Waals surface area contributed by atoms with Crippen molar-refractivity contribution in [2.75, 3.05) is 0 Å². The van der Waals surface area contributed by atoms with E-state index in [0.717, 1.165) is 19.4 Å². The van der Waals surface area contributed by atoms with Crippen molar-refractivity contribution in [3.8, 4) is 0 Å². The summed E-state index contributed by atoms with van der Waals surface area (Å²) in [4.78, 5) is 1.37. The van der Waals surface area contributed by atoms with Gasteiger partial charge in [0.2, 0.25) is 0 Å². The highest BCUT2D eigenvalue weighted by Gasteiger charge is 2.16. The number of halogens is 1. The minimum Gasteiger partial charge on any atom is -0.307 e. The Kier molecular flexibility index (Phi) is 5.20. The van der Waals surface area contributed by atoms with Crippen LogP contribution in [0.2, 0.25) is 0 Å².